The molecule has 0 bridgehead atoms. The molecule has 1 atom stereocenters. The van der Waals surface area contributed by atoms with Crippen LogP contribution in [-0.4, -0.2) is 11.7 Å². The summed E-state index contributed by atoms with van der Waals surface area (Å²) in [6.07, 6.45) is 0. The SMILES string of the molecule is Nc1cscc1[C@H](N)CO. The number of aliphatic hydroxyl groups is 1. The third-order valence-electron chi connectivity index (χ3n) is 1.32. The first-order chi connectivity index (χ1) is 4.75. The van der Waals surface area contributed by atoms with Gasteiger partial charge in [0.25, 0.3) is 0 Å². The predicted molar refractivity (Wildman–Crippen MR) is 42.7 cm³/mol. The van der Waals surface area contributed by atoms with Crippen LogP contribution >= 0.6 is 11.3 Å². The van der Waals surface area contributed by atoms with Crippen LogP contribution in [0, 0.1) is 0 Å². The van der Waals surface area contributed by atoms with Gasteiger partial charge in [-0.1, -0.05) is 0 Å². The molecule has 3 nitrogen and oxygen atoms in total. The third kappa shape index (κ3) is 1.29. The Labute approximate surface area is 63.3 Å². The summed E-state index contributed by atoms with van der Waals surface area (Å²) >= 11 is 1.49. The van der Waals surface area contributed by atoms with E-state index in [0.717, 1.165) is 5.56 Å². The van der Waals surface area contributed by atoms with Gasteiger partial charge in [0.05, 0.1) is 12.6 Å². The monoisotopic (exact) mass is 158 g/mol. The molecule has 0 saturated heterocycles. The molecule has 0 aliphatic rings. The van der Waals surface area contributed by atoms with Crippen molar-refractivity contribution in [3.8, 4) is 0 Å². The molecule has 0 unspecified atom stereocenters. The van der Waals surface area contributed by atoms with Crippen molar-refractivity contribution in [1.29, 1.82) is 0 Å². The lowest BCUT2D eigenvalue weighted by Crippen LogP contribution is -2.14. The fraction of sp³-hybridized carbons (Fsp3) is 0.333. The highest BCUT2D eigenvalue weighted by Gasteiger charge is 2.07. The molecule has 0 radical (unpaired) electrons. The maximum Gasteiger partial charge on any atom is 0.0625 e. The maximum absolute atomic E-state index is 8.66. The summed E-state index contributed by atoms with van der Waals surface area (Å²) in [5.41, 5.74) is 12.6. The number of thiophene rings is 1. The van der Waals surface area contributed by atoms with Gasteiger partial charge in [-0.25, -0.2) is 0 Å². The van der Waals surface area contributed by atoms with E-state index in [9.17, 15) is 0 Å². The molecule has 5 N–H and O–H groups in total. The van der Waals surface area contributed by atoms with Gasteiger partial charge >= 0.3 is 0 Å². The topological polar surface area (TPSA) is 72.3 Å². The molecule has 1 rings (SSSR count). The summed E-state index contributed by atoms with van der Waals surface area (Å²) in [5, 5.41) is 12.3. The number of hydrogen-bond donors (Lipinski definition) is 3. The molecule has 10 heavy (non-hydrogen) atoms. The molecule has 0 saturated carbocycles. The lowest BCUT2D eigenvalue weighted by molar-refractivity contribution is 0.268. The number of nitrogens with two attached hydrogens (primary N) is 2. The van der Waals surface area contributed by atoms with Gasteiger partial charge in [0.15, 0.2) is 0 Å². The standard InChI is InChI=1S/C6H10N2OS/c7-5(1-9)4-2-10-3-6(4)8/h2-3,5,9H,1,7-8H2/t5-/m1/s1. The quantitative estimate of drug-likeness (QED) is 0.580. The zero-order chi connectivity index (χ0) is 7.56. The Kier molecular flexibility index (Phi) is 2.26. The van der Waals surface area contributed by atoms with E-state index < -0.39 is 0 Å². The lowest BCUT2D eigenvalue weighted by Gasteiger charge is -2.05. The fourth-order valence-corrected chi connectivity index (χ4v) is 1.52. The second kappa shape index (κ2) is 3.01. The van der Waals surface area contributed by atoms with E-state index >= 15 is 0 Å². The van der Waals surface area contributed by atoms with Gasteiger partial charge < -0.3 is 16.6 Å². The third-order valence-corrected chi connectivity index (χ3v) is 2.10. The normalized spacial score (nSPS) is 13.4. The number of rotatable bonds is 2. The van der Waals surface area contributed by atoms with Crippen LogP contribution in [0.1, 0.15) is 11.6 Å². The first kappa shape index (κ1) is 7.53. The van der Waals surface area contributed by atoms with Crippen LogP contribution in [0.2, 0.25) is 0 Å². The van der Waals surface area contributed by atoms with Crippen molar-refractivity contribution in [3.05, 3.63) is 16.3 Å². The molecule has 0 fully saturated rings. The molecule has 0 spiro atoms. The number of nitrogen functional groups attached to an aromatic ring is 1. The average Bonchev–Trinajstić information content (AvgIpc) is 2.34. The van der Waals surface area contributed by atoms with Gasteiger partial charge in [0, 0.05) is 16.6 Å². The van der Waals surface area contributed by atoms with Crippen molar-refractivity contribution in [1.82, 2.24) is 0 Å². The van der Waals surface area contributed by atoms with Gasteiger partial charge in [-0.2, -0.15) is 0 Å². The summed E-state index contributed by atoms with van der Waals surface area (Å²) in [4.78, 5) is 0. The fourth-order valence-electron chi connectivity index (χ4n) is 0.717. The van der Waals surface area contributed by atoms with E-state index in [1.807, 2.05) is 10.8 Å². The first-order valence-electron chi connectivity index (χ1n) is 2.93. The van der Waals surface area contributed by atoms with E-state index in [1.54, 1.807) is 0 Å². The van der Waals surface area contributed by atoms with Crippen LogP contribution < -0.4 is 11.5 Å². The van der Waals surface area contributed by atoms with E-state index in [0.29, 0.717) is 5.69 Å². The van der Waals surface area contributed by atoms with Crippen molar-refractivity contribution >= 4 is 17.0 Å². The minimum Gasteiger partial charge on any atom is -0.398 e. The van der Waals surface area contributed by atoms with Gasteiger partial charge in [-0.05, 0) is 5.38 Å². The summed E-state index contributed by atoms with van der Waals surface area (Å²) in [5.74, 6) is 0. The minimum atomic E-state index is -0.328. The van der Waals surface area contributed by atoms with Crippen LogP contribution in [0.4, 0.5) is 5.69 Å². The first-order valence-corrected chi connectivity index (χ1v) is 3.88. The maximum atomic E-state index is 8.66. The van der Waals surface area contributed by atoms with Crippen LogP contribution in [0.5, 0.6) is 0 Å². The second-order valence-electron chi connectivity index (χ2n) is 2.07. The molecule has 1 aromatic rings. The minimum absolute atomic E-state index is 0.0546. The van der Waals surface area contributed by atoms with Crippen molar-refractivity contribution in [2.24, 2.45) is 5.73 Å². The van der Waals surface area contributed by atoms with Crippen molar-refractivity contribution in [2.75, 3.05) is 12.3 Å². The molecule has 1 heterocycles. The van der Waals surface area contributed by atoms with E-state index in [-0.39, 0.29) is 12.6 Å². The Hall–Kier alpha value is -0.580. The predicted octanol–water partition coefficient (Wildman–Crippen LogP) is 0.322. The van der Waals surface area contributed by atoms with E-state index in [2.05, 4.69) is 0 Å². The van der Waals surface area contributed by atoms with Gasteiger partial charge in [-0.15, -0.1) is 11.3 Å². The van der Waals surface area contributed by atoms with Crippen molar-refractivity contribution in [2.45, 2.75) is 6.04 Å². The highest BCUT2D eigenvalue weighted by molar-refractivity contribution is 7.08. The molecule has 0 aromatic carbocycles. The molecule has 56 valence electrons. The molecule has 1 aromatic heterocycles. The van der Waals surface area contributed by atoms with E-state index in [1.165, 1.54) is 11.3 Å². The summed E-state index contributed by atoms with van der Waals surface area (Å²) in [6.45, 7) is -0.0546. The summed E-state index contributed by atoms with van der Waals surface area (Å²) in [7, 11) is 0. The van der Waals surface area contributed by atoms with E-state index in [4.69, 9.17) is 16.6 Å². The number of hydrogen-bond acceptors (Lipinski definition) is 4. The van der Waals surface area contributed by atoms with Gasteiger partial charge in [0.2, 0.25) is 0 Å². The molecule has 4 heteroatoms. The number of aliphatic hydroxyl groups excluding tert-OH is 1. The Morgan fingerprint density at radius 1 is 1.60 bits per heavy atom. The Morgan fingerprint density at radius 3 is 2.70 bits per heavy atom. The zero-order valence-corrected chi connectivity index (χ0v) is 6.27. The van der Waals surface area contributed by atoms with Gasteiger partial charge in [0.1, 0.15) is 0 Å². The molecule has 0 aliphatic heterocycles. The summed E-state index contributed by atoms with van der Waals surface area (Å²) in [6, 6.07) is -0.328. The molecule has 0 aliphatic carbocycles. The van der Waals surface area contributed by atoms with Gasteiger partial charge in [-0.3, -0.25) is 0 Å². The van der Waals surface area contributed by atoms with Crippen LogP contribution in [-0.2, 0) is 0 Å². The zero-order valence-electron chi connectivity index (χ0n) is 5.45. The van der Waals surface area contributed by atoms with Crippen LogP contribution in [0.25, 0.3) is 0 Å². The largest absolute Gasteiger partial charge is 0.398 e. The van der Waals surface area contributed by atoms with Crippen LogP contribution in [0.15, 0.2) is 10.8 Å². The Balaban J connectivity index is 2.82. The molecular weight excluding hydrogens is 148 g/mol. The Bertz CT molecular complexity index is 211. The highest BCUT2D eigenvalue weighted by Crippen LogP contribution is 2.22. The average molecular weight is 158 g/mol. The summed E-state index contributed by atoms with van der Waals surface area (Å²) < 4.78 is 0. The second-order valence-corrected chi connectivity index (χ2v) is 2.82. The van der Waals surface area contributed by atoms with Crippen molar-refractivity contribution < 1.29 is 5.11 Å². The number of anilines is 1. The Morgan fingerprint density at radius 2 is 2.30 bits per heavy atom. The smallest absolute Gasteiger partial charge is 0.0625 e. The lowest BCUT2D eigenvalue weighted by atomic mass is 10.1. The van der Waals surface area contributed by atoms with Crippen molar-refractivity contribution in [3.63, 3.8) is 0 Å². The highest BCUT2D eigenvalue weighted by atomic mass is 32.1. The molecular formula is C6H10N2OS. The molecule has 0 amide bonds. The van der Waals surface area contributed by atoms with Crippen LogP contribution in [0.3, 0.4) is 0 Å².